The van der Waals surface area contributed by atoms with Crippen LogP contribution in [-0.4, -0.2) is 61.4 Å². The zero-order valence-electron chi connectivity index (χ0n) is 14.6. The number of nitrogens with one attached hydrogen (secondary N) is 2. The Morgan fingerprint density at radius 2 is 2.35 bits per heavy atom. The first kappa shape index (κ1) is 18.3. The molecule has 2 aliphatic heterocycles. The molecule has 1 fully saturated rings. The molecule has 0 spiro atoms. The van der Waals surface area contributed by atoms with Gasteiger partial charge in [0.2, 0.25) is 5.91 Å². The van der Waals surface area contributed by atoms with Crippen LogP contribution in [-0.2, 0) is 11.2 Å². The van der Waals surface area contributed by atoms with Crippen LogP contribution in [0.25, 0.3) is 0 Å². The van der Waals surface area contributed by atoms with Gasteiger partial charge >= 0.3 is 7.12 Å². The molecule has 26 heavy (non-hydrogen) atoms. The number of carbonyl (C=O) groups is 1. The SMILES string of the molecule is CN/C=C(\C=N)C(N)C(=O)N1CC(Oc2ccc3c(c2)OB(O)CC3)C1. The van der Waals surface area contributed by atoms with Gasteiger partial charge in [0.25, 0.3) is 0 Å². The lowest BCUT2D eigenvalue weighted by Crippen LogP contribution is -2.60. The van der Waals surface area contributed by atoms with Gasteiger partial charge in [0.1, 0.15) is 23.6 Å². The van der Waals surface area contributed by atoms with Crippen molar-refractivity contribution in [1.29, 1.82) is 5.41 Å². The van der Waals surface area contributed by atoms with Crippen molar-refractivity contribution in [3.05, 3.63) is 35.5 Å². The quantitative estimate of drug-likeness (QED) is 0.412. The topological polar surface area (TPSA) is 121 Å². The third-order valence-corrected chi connectivity index (χ3v) is 4.53. The Morgan fingerprint density at radius 3 is 3.04 bits per heavy atom. The van der Waals surface area contributed by atoms with Crippen LogP contribution in [0.4, 0.5) is 0 Å². The van der Waals surface area contributed by atoms with Gasteiger partial charge in [-0.3, -0.25) is 4.79 Å². The highest BCUT2D eigenvalue weighted by Crippen LogP contribution is 2.31. The fraction of sp³-hybridized carbons (Fsp3) is 0.412. The predicted octanol–water partition coefficient (Wildman–Crippen LogP) is -0.228. The summed E-state index contributed by atoms with van der Waals surface area (Å²) < 4.78 is 11.3. The molecule has 138 valence electrons. The fourth-order valence-corrected chi connectivity index (χ4v) is 3.02. The molecule has 0 saturated carbocycles. The largest absolute Gasteiger partial charge is 0.536 e. The molecule has 1 aromatic carbocycles. The predicted molar refractivity (Wildman–Crippen MR) is 98.5 cm³/mol. The van der Waals surface area contributed by atoms with Gasteiger partial charge in [0, 0.05) is 31.1 Å². The molecule has 9 heteroatoms. The van der Waals surface area contributed by atoms with Crippen molar-refractivity contribution in [3.8, 4) is 11.5 Å². The molecule has 0 aromatic heterocycles. The second-order valence-electron chi connectivity index (χ2n) is 6.42. The Morgan fingerprint density at radius 1 is 1.58 bits per heavy atom. The van der Waals surface area contributed by atoms with Gasteiger partial charge in [-0.15, -0.1) is 0 Å². The summed E-state index contributed by atoms with van der Waals surface area (Å²) >= 11 is 0. The lowest BCUT2D eigenvalue weighted by atomic mass is 9.79. The van der Waals surface area contributed by atoms with E-state index in [1.54, 1.807) is 24.2 Å². The number of aryl methyl sites for hydroxylation is 1. The number of likely N-dealkylation sites (tertiary alicyclic amines) is 1. The number of hydrogen-bond acceptors (Lipinski definition) is 7. The van der Waals surface area contributed by atoms with Crippen LogP contribution in [0.5, 0.6) is 11.5 Å². The van der Waals surface area contributed by atoms with Crippen LogP contribution in [0.3, 0.4) is 0 Å². The van der Waals surface area contributed by atoms with E-state index in [9.17, 15) is 9.82 Å². The third kappa shape index (κ3) is 3.84. The summed E-state index contributed by atoms with van der Waals surface area (Å²) in [6.45, 7) is 0.885. The number of nitrogens with two attached hydrogens (primary N) is 1. The standard InChI is InChI=1S/C17H23BN4O4/c1-21-8-12(7-19)16(20)17(23)22-9-14(10-22)25-13-3-2-11-4-5-18(24)26-15(11)6-13/h2-3,6-8,14,16,19,21,24H,4-5,9-10,20H2,1H3/b12-8+,19-7?. The van der Waals surface area contributed by atoms with Crippen molar-refractivity contribution in [3.63, 3.8) is 0 Å². The normalized spacial score (nSPS) is 18.3. The van der Waals surface area contributed by atoms with Crippen LogP contribution in [0, 0.1) is 5.41 Å². The lowest BCUT2D eigenvalue weighted by Gasteiger charge is -2.40. The molecule has 1 atom stereocenters. The van der Waals surface area contributed by atoms with Crippen molar-refractivity contribution in [2.45, 2.75) is 24.9 Å². The lowest BCUT2D eigenvalue weighted by molar-refractivity contribution is -0.140. The number of fused-ring (bicyclic) bond motifs is 1. The molecule has 0 bridgehead atoms. The van der Waals surface area contributed by atoms with Crippen molar-refractivity contribution in [1.82, 2.24) is 10.2 Å². The molecule has 3 rings (SSSR count). The summed E-state index contributed by atoms with van der Waals surface area (Å²) in [4.78, 5) is 14.0. The number of rotatable bonds is 6. The maximum absolute atomic E-state index is 12.4. The molecule has 0 aliphatic carbocycles. The second kappa shape index (κ2) is 7.80. The van der Waals surface area contributed by atoms with E-state index in [0.717, 1.165) is 18.2 Å². The molecular weight excluding hydrogens is 335 g/mol. The Hall–Kier alpha value is -2.52. The number of benzene rings is 1. The van der Waals surface area contributed by atoms with Gasteiger partial charge in [-0.25, -0.2) is 0 Å². The minimum Gasteiger partial charge on any atom is -0.536 e. The summed E-state index contributed by atoms with van der Waals surface area (Å²) in [6.07, 6.45) is 3.87. The van der Waals surface area contributed by atoms with Gasteiger partial charge in [-0.1, -0.05) is 6.07 Å². The maximum atomic E-state index is 12.4. The summed E-state index contributed by atoms with van der Waals surface area (Å²) in [5, 5.41) is 19.7. The van der Waals surface area contributed by atoms with E-state index in [-0.39, 0.29) is 12.0 Å². The monoisotopic (exact) mass is 358 g/mol. The molecule has 1 unspecified atom stereocenters. The van der Waals surface area contributed by atoms with Crippen molar-refractivity contribution in [2.24, 2.45) is 5.73 Å². The zero-order chi connectivity index (χ0) is 18.7. The number of hydrogen-bond donors (Lipinski definition) is 4. The minimum atomic E-state index is -0.862. The highest BCUT2D eigenvalue weighted by atomic mass is 16.5. The van der Waals surface area contributed by atoms with Crippen LogP contribution < -0.4 is 20.4 Å². The molecule has 5 N–H and O–H groups in total. The molecule has 2 heterocycles. The van der Waals surface area contributed by atoms with Crippen LogP contribution in [0.15, 0.2) is 30.0 Å². The van der Waals surface area contributed by atoms with Crippen molar-refractivity contribution < 1.29 is 19.2 Å². The molecule has 1 aromatic rings. The number of nitrogens with zero attached hydrogens (tertiary/aromatic N) is 1. The number of carbonyl (C=O) groups excluding carboxylic acids is 1. The Bertz CT molecular complexity index is 721. The number of amides is 1. The van der Waals surface area contributed by atoms with E-state index < -0.39 is 13.2 Å². The van der Waals surface area contributed by atoms with E-state index in [0.29, 0.717) is 36.5 Å². The average Bonchev–Trinajstić information content (AvgIpc) is 2.60. The molecule has 0 radical (unpaired) electrons. The highest BCUT2D eigenvalue weighted by molar-refractivity contribution is 6.44. The summed E-state index contributed by atoms with van der Waals surface area (Å²) in [7, 11) is 0.917. The average molecular weight is 358 g/mol. The van der Waals surface area contributed by atoms with E-state index in [2.05, 4.69) is 5.32 Å². The van der Waals surface area contributed by atoms with Gasteiger partial charge in [-0.05, 0) is 24.4 Å². The van der Waals surface area contributed by atoms with E-state index in [1.807, 2.05) is 12.1 Å². The molecule has 1 saturated heterocycles. The van der Waals surface area contributed by atoms with Crippen molar-refractivity contribution in [2.75, 3.05) is 20.1 Å². The smallest absolute Gasteiger partial charge is 0.522 e. The van der Waals surface area contributed by atoms with Gasteiger partial charge in [0.05, 0.1) is 13.1 Å². The molecule has 8 nitrogen and oxygen atoms in total. The first-order chi connectivity index (χ1) is 12.5. The number of ether oxygens (including phenoxy) is 1. The molecule has 2 aliphatic rings. The van der Waals surface area contributed by atoms with Gasteiger partial charge < -0.3 is 35.8 Å². The van der Waals surface area contributed by atoms with E-state index >= 15 is 0 Å². The van der Waals surface area contributed by atoms with Crippen molar-refractivity contribution >= 4 is 19.2 Å². The molecule has 1 amide bonds. The van der Waals surface area contributed by atoms with Crippen LogP contribution >= 0.6 is 0 Å². The van der Waals surface area contributed by atoms with Crippen LogP contribution in [0.2, 0.25) is 6.32 Å². The van der Waals surface area contributed by atoms with E-state index in [4.69, 9.17) is 20.5 Å². The maximum Gasteiger partial charge on any atom is 0.522 e. The summed E-state index contributed by atoms with van der Waals surface area (Å²) in [5.41, 5.74) is 7.40. The fourth-order valence-electron chi connectivity index (χ4n) is 3.02. The van der Waals surface area contributed by atoms with E-state index in [1.165, 1.54) is 0 Å². The van der Waals surface area contributed by atoms with Crippen LogP contribution in [0.1, 0.15) is 5.56 Å². The Balaban J connectivity index is 1.54. The second-order valence-corrected chi connectivity index (χ2v) is 6.42. The van der Waals surface area contributed by atoms with Gasteiger partial charge in [-0.2, -0.15) is 0 Å². The first-order valence-electron chi connectivity index (χ1n) is 8.58. The van der Waals surface area contributed by atoms with Gasteiger partial charge in [0.15, 0.2) is 0 Å². The zero-order valence-corrected chi connectivity index (χ0v) is 14.6. The summed E-state index contributed by atoms with van der Waals surface area (Å²) in [6, 6.07) is 4.72. The third-order valence-electron chi connectivity index (χ3n) is 4.53. The minimum absolute atomic E-state index is 0.116. The Kier molecular flexibility index (Phi) is 5.48. The first-order valence-corrected chi connectivity index (χ1v) is 8.58. The Labute approximate surface area is 152 Å². The highest BCUT2D eigenvalue weighted by Gasteiger charge is 2.35. The molecular formula is C17H23BN4O4. The summed E-state index contributed by atoms with van der Waals surface area (Å²) in [5.74, 6) is 1.06.